The molecule has 3 aromatic heterocycles. The molecule has 0 radical (unpaired) electrons. The Labute approximate surface area is 174 Å². The number of halogens is 1. The summed E-state index contributed by atoms with van der Waals surface area (Å²) < 4.78 is 1.15. The van der Waals surface area contributed by atoms with Gasteiger partial charge in [-0.1, -0.05) is 23.7 Å². The first-order valence-electron chi connectivity index (χ1n) is 9.40. The van der Waals surface area contributed by atoms with E-state index in [1.54, 1.807) is 13.0 Å². The van der Waals surface area contributed by atoms with E-state index >= 15 is 0 Å². The van der Waals surface area contributed by atoms with Gasteiger partial charge in [0.1, 0.15) is 0 Å². The molecule has 8 nitrogen and oxygen atoms in total. The maximum Gasteiger partial charge on any atom is 0.283 e. The van der Waals surface area contributed by atoms with Crippen LogP contribution >= 0.6 is 11.6 Å². The van der Waals surface area contributed by atoms with Gasteiger partial charge in [-0.2, -0.15) is 4.68 Å². The summed E-state index contributed by atoms with van der Waals surface area (Å²) in [5, 5.41) is 3.82. The molecule has 0 spiro atoms. The Hall–Kier alpha value is -3.52. The predicted octanol–water partition coefficient (Wildman–Crippen LogP) is 2.67. The van der Waals surface area contributed by atoms with E-state index in [0.717, 1.165) is 10.2 Å². The molecular weight excluding hydrogens is 406 g/mol. The lowest BCUT2D eigenvalue weighted by molar-refractivity contribution is 0.0964. The second kappa shape index (κ2) is 6.77. The summed E-state index contributed by atoms with van der Waals surface area (Å²) in [6.45, 7) is 1.67. The fraction of sp³-hybridized carbons (Fsp3) is 0.190. The van der Waals surface area contributed by atoms with Crippen molar-refractivity contribution in [3.63, 3.8) is 0 Å². The summed E-state index contributed by atoms with van der Waals surface area (Å²) in [6, 6.07) is 8.75. The van der Waals surface area contributed by atoms with Crippen molar-refractivity contribution in [1.82, 2.24) is 24.7 Å². The SMILES string of the molecule is Cc1cc(=O)[nH]c(-n2[nH]c3ncc4c(c3c2=O)CC(c2cccc(Cl)c2)CC4=O)n1. The van der Waals surface area contributed by atoms with Crippen LogP contribution < -0.4 is 11.1 Å². The van der Waals surface area contributed by atoms with Crippen molar-refractivity contribution in [2.75, 3.05) is 0 Å². The first-order chi connectivity index (χ1) is 14.4. The number of benzene rings is 1. The molecule has 5 rings (SSSR count). The first-order valence-corrected chi connectivity index (χ1v) is 9.78. The highest BCUT2D eigenvalue weighted by Gasteiger charge is 2.30. The molecule has 1 unspecified atom stereocenters. The lowest BCUT2D eigenvalue weighted by Crippen LogP contribution is -2.24. The zero-order chi connectivity index (χ0) is 21.0. The van der Waals surface area contributed by atoms with E-state index in [-0.39, 0.29) is 23.2 Å². The summed E-state index contributed by atoms with van der Waals surface area (Å²) in [7, 11) is 0. The Morgan fingerprint density at radius 2 is 2.00 bits per heavy atom. The van der Waals surface area contributed by atoms with Crippen LogP contribution in [-0.2, 0) is 6.42 Å². The minimum atomic E-state index is -0.414. The largest absolute Gasteiger partial charge is 0.294 e. The zero-order valence-electron chi connectivity index (χ0n) is 15.9. The van der Waals surface area contributed by atoms with Crippen LogP contribution in [0.1, 0.15) is 39.5 Å². The molecule has 1 atom stereocenters. The third kappa shape index (κ3) is 2.96. The van der Waals surface area contributed by atoms with Crippen LogP contribution in [0.2, 0.25) is 5.02 Å². The van der Waals surface area contributed by atoms with E-state index < -0.39 is 5.56 Å². The van der Waals surface area contributed by atoms with Crippen molar-refractivity contribution in [2.45, 2.75) is 25.7 Å². The van der Waals surface area contributed by atoms with Crippen LogP contribution in [0.25, 0.3) is 17.0 Å². The Morgan fingerprint density at radius 3 is 2.77 bits per heavy atom. The van der Waals surface area contributed by atoms with E-state index in [9.17, 15) is 14.4 Å². The molecule has 4 aromatic rings. The number of hydrogen-bond acceptors (Lipinski definition) is 5. The van der Waals surface area contributed by atoms with Crippen molar-refractivity contribution >= 4 is 28.4 Å². The van der Waals surface area contributed by atoms with Gasteiger partial charge in [0, 0.05) is 35.0 Å². The Kier molecular flexibility index (Phi) is 4.18. The lowest BCUT2D eigenvalue weighted by Gasteiger charge is -2.24. The third-order valence-electron chi connectivity index (χ3n) is 5.39. The van der Waals surface area contributed by atoms with Crippen molar-refractivity contribution in [1.29, 1.82) is 0 Å². The topological polar surface area (TPSA) is 113 Å². The number of H-pyrrole nitrogens is 2. The van der Waals surface area contributed by atoms with Gasteiger partial charge in [0.25, 0.3) is 11.1 Å². The summed E-state index contributed by atoms with van der Waals surface area (Å²) >= 11 is 6.13. The molecule has 0 aliphatic heterocycles. The average molecular weight is 422 g/mol. The number of fused-ring (bicyclic) bond motifs is 3. The number of aromatic amines is 2. The average Bonchev–Trinajstić information content (AvgIpc) is 3.04. The fourth-order valence-electron chi connectivity index (χ4n) is 4.05. The van der Waals surface area contributed by atoms with Gasteiger partial charge in [-0.25, -0.2) is 9.97 Å². The number of aryl methyl sites for hydroxylation is 1. The minimum Gasteiger partial charge on any atom is -0.294 e. The number of Topliss-reactive ketones (excluding diaryl/α,β-unsaturated/α-hetero) is 1. The molecule has 0 fully saturated rings. The van der Waals surface area contributed by atoms with E-state index in [2.05, 4.69) is 20.1 Å². The molecule has 30 heavy (non-hydrogen) atoms. The fourth-order valence-corrected chi connectivity index (χ4v) is 4.25. The van der Waals surface area contributed by atoms with Gasteiger partial charge in [-0.15, -0.1) is 0 Å². The van der Waals surface area contributed by atoms with E-state index in [1.165, 1.54) is 12.3 Å². The monoisotopic (exact) mass is 421 g/mol. The molecule has 3 heterocycles. The first kappa shape index (κ1) is 18.5. The van der Waals surface area contributed by atoms with Crippen LogP contribution in [0.4, 0.5) is 0 Å². The molecule has 0 saturated heterocycles. The van der Waals surface area contributed by atoms with Crippen LogP contribution in [0.3, 0.4) is 0 Å². The normalized spacial score (nSPS) is 16.1. The van der Waals surface area contributed by atoms with Gasteiger partial charge in [-0.3, -0.25) is 24.5 Å². The summed E-state index contributed by atoms with van der Waals surface area (Å²) in [5.74, 6) is -0.0795. The number of ketones is 1. The molecule has 0 saturated carbocycles. The number of nitrogens with one attached hydrogen (secondary N) is 2. The maximum absolute atomic E-state index is 13.2. The number of nitrogens with zero attached hydrogens (tertiary/aromatic N) is 3. The van der Waals surface area contributed by atoms with Gasteiger partial charge < -0.3 is 0 Å². The molecular formula is C21H16ClN5O3. The van der Waals surface area contributed by atoms with Crippen LogP contribution in [-0.4, -0.2) is 30.5 Å². The second-order valence-electron chi connectivity index (χ2n) is 7.42. The van der Waals surface area contributed by atoms with Crippen LogP contribution in [0.5, 0.6) is 0 Å². The summed E-state index contributed by atoms with van der Waals surface area (Å²) in [6.07, 6.45) is 2.33. The quantitative estimate of drug-likeness (QED) is 0.516. The Balaban J connectivity index is 1.69. The molecule has 2 N–H and O–H groups in total. The standard InChI is InChI=1S/C21H16ClN5O3/c1-10-5-17(29)25-21(24-10)27-20(30)18-14-7-12(11-3-2-4-13(22)6-11)8-16(28)15(14)9-23-19(18)26-27/h2-6,9,12H,7-8H2,1H3,(H,23,26)(H,24,25,29). The van der Waals surface area contributed by atoms with Crippen LogP contribution in [0, 0.1) is 6.92 Å². The third-order valence-corrected chi connectivity index (χ3v) is 5.63. The lowest BCUT2D eigenvalue weighted by atomic mass is 9.79. The molecule has 0 bridgehead atoms. The number of carbonyl (C=O) groups excluding carboxylic acids is 1. The van der Waals surface area contributed by atoms with Crippen LogP contribution in [0.15, 0.2) is 46.1 Å². The Bertz CT molecular complexity index is 1450. The van der Waals surface area contributed by atoms with Crippen molar-refractivity contribution < 1.29 is 4.79 Å². The molecule has 0 amide bonds. The molecule has 1 aromatic carbocycles. The van der Waals surface area contributed by atoms with E-state index in [4.69, 9.17) is 11.6 Å². The van der Waals surface area contributed by atoms with Crippen molar-refractivity contribution in [2.24, 2.45) is 0 Å². The van der Waals surface area contributed by atoms with Crippen molar-refractivity contribution in [3.8, 4) is 5.95 Å². The number of carbonyl (C=O) groups is 1. The zero-order valence-corrected chi connectivity index (χ0v) is 16.7. The number of hydrogen-bond donors (Lipinski definition) is 2. The van der Waals surface area contributed by atoms with Gasteiger partial charge in [0.2, 0.25) is 5.95 Å². The minimum absolute atomic E-state index is 0.0649. The molecule has 150 valence electrons. The van der Waals surface area contributed by atoms with E-state index in [0.29, 0.717) is 45.7 Å². The van der Waals surface area contributed by atoms with E-state index in [1.807, 2.05) is 18.2 Å². The van der Waals surface area contributed by atoms with Crippen molar-refractivity contribution in [3.05, 3.63) is 84.6 Å². The number of pyridine rings is 1. The molecule has 1 aliphatic carbocycles. The highest BCUT2D eigenvalue weighted by atomic mass is 35.5. The molecule has 9 heteroatoms. The van der Waals surface area contributed by atoms with Gasteiger partial charge >= 0.3 is 0 Å². The van der Waals surface area contributed by atoms with Gasteiger partial charge in [0.05, 0.1) is 5.39 Å². The Morgan fingerprint density at radius 1 is 1.17 bits per heavy atom. The molecule has 1 aliphatic rings. The summed E-state index contributed by atoms with van der Waals surface area (Å²) in [4.78, 5) is 48.9. The number of aromatic nitrogens is 5. The van der Waals surface area contributed by atoms with Gasteiger partial charge in [-0.05, 0) is 42.5 Å². The maximum atomic E-state index is 13.2. The highest BCUT2D eigenvalue weighted by Crippen LogP contribution is 2.35. The van der Waals surface area contributed by atoms with Gasteiger partial charge in [0.15, 0.2) is 11.4 Å². The second-order valence-corrected chi connectivity index (χ2v) is 7.86. The number of rotatable bonds is 2. The summed E-state index contributed by atoms with van der Waals surface area (Å²) in [5.41, 5.74) is 2.09. The smallest absolute Gasteiger partial charge is 0.283 e. The highest BCUT2D eigenvalue weighted by molar-refractivity contribution is 6.30. The predicted molar refractivity (Wildman–Crippen MR) is 112 cm³/mol.